The van der Waals surface area contributed by atoms with E-state index in [0.717, 1.165) is 23.4 Å². The maximum atomic E-state index is 13.8. The standard InChI is InChI=1S/C26H25FN2O/c1-16-6-5-7-18(12-16)29-15-21-19(20-9-8-17(27)13-24(20)30-4)10-11-22-25(21)23(29)14-26(2,3)28-22/h5-14,28H,15H2,1-4H3. The van der Waals surface area contributed by atoms with Crippen molar-refractivity contribution in [3.63, 3.8) is 0 Å². The smallest absolute Gasteiger partial charge is 0.129 e. The van der Waals surface area contributed by atoms with E-state index in [1.807, 2.05) is 6.07 Å². The van der Waals surface area contributed by atoms with E-state index in [1.165, 1.54) is 40.2 Å². The van der Waals surface area contributed by atoms with Crippen LogP contribution in [-0.2, 0) is 6.54 Å². The van der Waals surface area contributed by atoms with Crippen molar-refractivity contribution in [1.82, 2.24) is 0 Å². The predicted molar refractivity (Wildman–Crippen MR) is 121 cm³/mol. The van der Waals surface area contributed by atoms with Gasteiger partial charge < -0.3 is 15.0 Å². The maximum absolute atomic E-state index is 13.8. The van der Waals surface area contributed by atoms with Crippen molar-refractivity contribution in [2.24, 2.45) is 0 Å². The number of nitrogens with one attached hydrogen (secondary N) is 1. The molecule has 3 nitrogen and oxygen atoms in total. The third-order valence-electron chi connectivity index (χ3n) is 5.90. The minimum absolute atomic E-state index is 0.152. The highest BCUT2D eigenvalue weighted by Crippen LogP contribution is 2.49. The Labute approximate surface area is 176 Å². The normalized spacial score (nSPS) is 16.0. The topological polar surface area (TPSA) is 24.5 Å². The van der Waals surface area contributed by atoms with Crippen LogP contribution in [0, 0.1) is 12.7 Å². The molecule has 5 rings (SSSR count). The molecule has 0 amide bonds. The Bertz CT molecular complexity index is 1200. The molecule has 1 N–H and O–H groups in total. The number of methoxy groups -OCH3 is 1. The first-order valence-electron chi connectivity index (χ1n) is 10.2. The van der Waals surface area contributed by atoms with Gasteiger partial charge in [-0.05, 0) is 73.9 Å². The lowest BCUT2D eigenvalue weighted by Gasteiger charge is -2.33. The van der Waals surface area contributed by atoms with Gasteiger partial charge in [-0.2, -0.15) is 0 Å². The molecule has 0 saturated heterocycles. The average molecular weight is 400 g/mol. The molecule has 2 aliphatic rings. The van der Waals surface area contributed by atoms with Crippen LogP contribution in [0.3, 0.4) is 0 Å². The minimum Gasteiger partial charge on any atom is -0.496 e. The molecule has 0 bridgehead atoms. The Morgan fingerprint density at radius 1 is 1.03 bits per heavy atom. The molecule has 0 atom stereocenters. The Balaban J connectivity index is 1.73. The summed E-state index contributed by atoms with van der Waals surface area (Å²) < 4.78 is 19.3. The van der Waals surface area contributed by atoms with Crippen molar-refractivity contribution >= 4 is 17.1 Å². The minimum atomic E-state index is -0.296. The molecule has 2 aliphatic heterocycles. The molecule has 4 heteroatoms. The van der Waals surface area contributed by atoms with Gasteiger partial charge in [-0.15, -0.1) is 0 Å². The lowest BCUT2D eigenvalue weighted by atomic mass is 9.89. The summed E-state index contributed by atoms with van der Waals surface area (Å²) in [6.07, 6.45) is 2.31. The van der Waals surface area contributed by atoms with Crippen LogP contribution in [-0.4, -0.2) is 12.6 Å². The fourth-order valence-corrected chi connectivity index (χ4v) is 4.63. The van der Waals surface area contributed by atoms with Gasteiger partial charge in [-0.1, -0.05) is 18.2 Å². The summed E-state index contributed by atoms with van der Waals surface area (Å²) in [7, 11) is 1.59. The highest BCUT2D eigenvalue weighted by atomic mass is 19.1. The van der Waals surface area contributed by atoms with Gasteiger partial charge in [0.05, 0.1) is 12.6 Å². The number of rotatable bonds is 3. The predicted octanol–water partition coefficient (Wildman–Crippen LogP) is 6.37. The molecule has 0 unspecified atom stereocenters. The zero-order chi connectivity index (χ0) is 21.0. The van der Waals surface area contributed by atoms with Gasteiger partial charge in [0, 0.05) is 40.8 Å². The Kier molecular flexibility index (Phi) is 4.14. The number of halogens is 1. The number of ether oxygens (including phenoxy) is 1. The van der Waals surface area contributed by atoms with E-state index in [-0.39, 0.29) is 11.4 Å². The summed E-state index contributed by atoms with van der Waals surface area (Å²) in [4.78, 5) is 2.38. The number of hydrogen-bond donors (Lipinski definition) is 1. The summed E-state index contributed by atoms with van der Waals surface area (Å²) in [5, 5.41) is 3.65. The molecule has 0 fully saturated rings. The lowest BCUT2D eigenvalue weighted by molar-refractivity contribution is 0.413. The van der Waals surface area contributed by atoms with E-state index in [9.17, 15) is 4.39 Å². The zero-order valence-corrected chi connectivity index (χ0v) is 17.7. The fourth-order valence-electron chi connectivity index (χ4n) is 4.63. The number of aryl methyl sites for hydroxylation is 1. The van der Waals surface area contributed by atoms with Crippen molar-refractivity contribution in [1.29, 1.82) is 0 Å². The molecular weight excluding hydrogens is 375 g/mol. The van der Waals surface area contributed by atoms with Crippen LogP contribution in [0.2, 0.25) is 0 Å². The summed E-state index contributed by atoms with van der Waals surface area (Å²) >= 11 is 0. The first-order valence-corrected chi connectivity index (χ1v) is 10.2. The largest absolute Gasteiger partial charge is 0.496 e. The molecular formula is C26H25FN2O. The van der Waals surface area contributed by atoms with Crippen LogP contribution >= 0.6 is 0 Å². The summed E-state index contributed by atoms with van der Waals surface area (Å²) in [5.41, 5.74) is 9.05. The van der Waals surface area contributed by atoms with Crippen molar-refractivity contribution in [3.05, 3.63) is 83.2 Å². The van der Waals surface area contributed by atoms with E-state index in [0.29, 0.717) is 5.75 Å². The van der Waals surface area contributed by atoms with Crippen LogP contribution in [0.25, 0.3) is 16.8 Å². The number of nitrogens with zero attached hydrogens (tertiary/aromatic N) is 1. The fraction of sp³-hybridized carbons (Fsp3) is 0.231. The molecule has 3 aromatic carbocycles. The quantitative estimate of drug-likeness (QED) is 0.552. The molecule has 30 heavy (non-hydrogen) atoms. The summed E-state index contributed by atoms with van der Waals surface area (Å²) in [6, 6.07) is 17.6. The van der Waals surface area contributed by atoms with Crippen molar-refractivity contribution in [2.75, 3.05) is 17.3 Å². The molecule has 0 radical (unpaired) electrons. The highest BCUT2D eigenvalue weighted by molar-refractivity contribution is 5.97. The number of benzene rings is 3. The maximum Gasteiger partial charge on any atom is 0.129 e. The lowest BCUT2D eigenvalue weighted by Crippen LogP contribution is -2.33. The molecule has 0 aromatic heterocycles. The summed E-state index contributed by atoms with van der Waals surface area (Å²) in [5.74, 6) is 0.255. The molecule has 0 saturated carbocycles. The Hall–Kier alpha value is -3.27. The second kappa shape index (κ2) is 6.63. The van der Waals surface area contributed by atoms with Crippen LogP contribution in [0.15, 0.2) is 60.7 Å². The first-order chi connectivity index (χ1) is 14.4. The first kappa shape index (κ1) is 18.7. The summed E-state index contributed by atoms with van der Waals surface area (Å²) in [6.45, 7) is 7.25. The molecule has 2 heterocycles. The van der Waals surface area contributed by atoms with Crippen molar-refractivity contribution in [2.45, 2.75) is 32.9 Å². The third kappa shape index (κ3) is 2.95. The third-order valence-corrected chi connectivity index (χ3v) is 5.90. The zero-order valence-electron chi connectivity index (χ0n) is 17.7. The van der Waals surface area contributed by atoms with Crippen LogP contribution in [0.1, 0.15) is 30.5 Å². The highest BCUT2D eigenvalue weighted by Gasteiger charge is 2.36. The van der Waals surface area contributed by atoms with Crippen LogP contribution in [0.4, 0.5) is 15.8 Å². The molecule has 3 aromatic rings. The number of hydrogen-bond acceptors (Lipinski definition) is 3. The van der Waals surface area contributed by atoms with Gasteiger partial charge in [0.2, 0.25) is 0 Å². The Morgan fingerprint density at radius 3 is 2.60 bits per heavy atom. The van der Waals surface area contributed by atoms with E-state index < -0.39 is 0 Å². The second-order valence-electron chi connectivity index (χ2n) is 8.66. The number of anilines is 2. The van der Waals surface area contributed by atoms with E-state index in [2.05, 4.69) is 73.5 Å². The average Bonchev–Trinajstić information content (AvgIpc) is 3.07. The molecule has 0 aliphatic carbocycles. The van der Waals surface area contributed by atoms with Gasteiger partial charge in [0.15, 0.2) is 0 Å². The van der Waals surface area contributed by atoms with Crippen LogP contribution < -0.4 is 15.0 Å². The van der Waals surface area contributed by atoms with Gasteiger partial charge in [0.1, 0.15) is 11.6 Å². The monoisotopic (exact) mass is 400 g/mol. The van der Waals surface area contributed by atoms with Gasteiger partial charge in [0.25, 0.3) is 0 Å². The van der Waals surface area contributed by atoms with E-state index in [4.69, 9.17) is 4.74 Å². The van der Waals surface area contributed by atoms with Gasteiger partial charge in [-0.3, -0.25) is 0 Å². The molecule has 0 spiro atoms. The van der Waals surface area contributed by atoms with Crippen LogP contribution in [0.5, 0.6) is 5.75 Å². The van der Waals surface area contributed by atoms with E-state index in [1.54, 1.807) is 7.11 Å². The second-order valence-corrected chi connectivity index (χ2v) is 8.66. The Morgan fingerprint density at radius 2 is 1.83 bits per heavy atom. The van der Waals surface area contributed by atoms with Crippen molar-refractivity contribution in [3.8, 4) is 16.9 Å². The van der Waals surface area contributed by atoms with Crippen molar-refractivity contribution < 1.29 is 9.13 Å². The van der Waals surface area contributed by atoms with Gasteiger partial charge in [-0.25, -0.2) is 4.39 Å². The van der Waals surface area contributed by atoms with Gasteiger partial charge >= 0.3 is 0 Å². The SMILES string of the molecule is COc1cc(F)ccc1-c1ccc2c3c1CN(c1cccc(C)c1)C3=CC(C)(C)N2. The van der Waals surface area contributed by atoms with E-state index >= 15 is 0 Å². The molecule has 152 valence electrons.